The minimum absolute atomic E-state index is 0.658. The quantitative estimate of drug-likeness (QED) is 0.695. The minimum atomic E-state index is 0.658. The predicted molar refractivity (Wildman–Crippen MR) is 106 cm³/mol. The smallest absolute Gasteiger partial charge is 0.00972 e. The summed E-state index contributed by atoms with van der Waals surface area (Å²) < 4.78 is 0. The molecule has 0 amide bonds. The molecule has 0 bridgehead atoms. The average molecular weight is 348 g/mol. The molecule has 3 heteroatoms. The van der Waals surface area contributed by atoms with E-state index in [2.05, 4.69) is 49.3 Å². The van der Waals surface area contributed by atoms with Crippen molar-refractivity contribution < 1.29 is 0 Å². The van der Waals surface area contributed by atoms with E-state index in [1.807, 2.05) is 0 Å². The molecule has 3 aliphatic heterocycles. The van der Waals surface area contributed by atoms with E-state index in [1.165, 1.54) is 71.4 Å². The lowest BCUT2D eigenvalue weighted by atomic mass is 9.78. The molecule has 25 heavy (non-hydrogen) atoms. The first-order valence-electron chi connectivity index (χ1n) is 11.0. The Morgan fingerprint density at radius 2 is 1.48 bits per heavy atom. The Morgan fingerprint density at radius 3 is 2.08 bits per heavy atom. The molecule has 2 spiro atoms. The van der Waals surface area contributed by atoms with E-state index in [4.69, 9.17) is 0 Å². The van der Waals surface area contributed by atoms with Gasteiger partial charge < -0.3 is 4.90 Å². The summed E-state index contributed by atoms with van der Waals surface area (Å²) in [6.45, 7) is 20.1. The van der Waals surface area contributed by atoms with Crippen molar-refractivity contribution in [2.24, 2.45) is 16.7 Å². The van der Waals surface area contributed by atoms with Crippen LogP contribution in [0.25, 0.3) is 0 Å². The molecular formula is C22H41N3. The van der Waals surface area contributed by atoms with Crippen LogP contribution in [0.1, 0.15) is 66.7 Å². The van der Waals surface area contributed by atoms with Crippen LogP contribution >= 0.6 is 0 Å². The maximum atomic E-state index is 2.77. The van der Waals surface area contributed by atoms with Crippen LogP contribution < -0.4 is 0 Å². The molecule has 3 saturated heterocycles. The summed E-state index contributed by atoms with van der Waals surface area (Å²) in [5, 5.41) is 0. The van der Waals surface area contributed by atoms with Gasteiger partial charge in [-0.1, -0.05) is 6.42 Å². The molecule has 0 aromatic heterocycles. The lowest BCUT2D eigenvalue weighted by Gasteiger charge is -2.51. The monoisotopic (exact) mass is 347 g/mol. The molecule has 1 aliphatic carbocycles. The lowest BCUT2D eigenvalue weighted by molar-refractivity contribution is -0.0238. The molecule has 4 aliphatic rings. The Morgan fingerprint density at radius 1 is 0.840 bits per heavy atom. The molecule has 2 unspecified atom stereocenters. The third-order valence-corrected chi connectivity index (χ3v) is 8.20. The summed E-state index contributed by atoms with van der Waals surface area (Å²) in [5.41, 5.74) is 1.43. The van der Waals surface area contributed by atoms with Crippen molar-refractivity contribution in [3.63, 3.8) is 0 Å². The molecule has 2 atom stereocenters. The standard InChI is InChI=1S/C22H41N3/c1-17(2)23-10-9-21(12-23)13-25(14-21)19(5)7-6-8-20-11-22(20)15-24(16-22)18(3)4/h17-20H,6-16H2,1-5H3. The van der Waals surface area contributed by atoms with Crippen LogP contribution in [0, 0.1) is 16.7 Å². The van der Waals surface area contributed by atoms with Gasteiger partial charge in [0.2, 0.25) is 0 Å². The van der Waals surface area contributed by atoms with E-state index in [-0.39, 0.29) is 0 Å². The van der Waals surface area contributed by atoms with Crippen molar-refractivity contribution >= 4 is 0 Å². The lowest BCUT2D eigenvalue weighted by Crippen LogP contribution is -2.60. The third kappa shape index (κ3) is 3.41. The van der Waals surface area contributed by atoms with Crippen LogP contribution in [0.5, 0.6) is 0 Å². The Balaban J connectivity index is 1.11. The van der Waals surface area contributed by atoms with Gasteiger partial charge in [0.25, 0.3) is 0 Å². The van der Waals surface area contributed by atoms with Gasteiger partial charge in [0.05, 0.1) is 0 Å². The summed E-state index contributed by atoms with van der Waals surface area (Å²) >= 11 is 0. The zero-order valence-corrected chi connectivity index (χ0v) is 17.4. The van der Waals surface area contributed by atoms with Gasteiger partial charge in [0, 0.05) is 56.3 Å². The molecule has 3 nitrogen and oxygen atoms in total. The van der Waals surface area contributed by atoms with Crippen molar-refractivity contribution in [3.8, 4) is 0 Å². The van der Waals surface area contributed by atoms with Crippen LogP contribution in [-0.2, 0) is 0 Å². The Kier molecular flexibility index (Phi) is 4.74. The summed E-state index contributed by atoms with van der Waals surface area (Å²) in [6.07, 6.45) is 7.34. The summed E-state index contributed by atoms with van der Waals surface area (Å²) in [5.74, 6) is 1.06. The fraction of sp³-hybridized carbons (Fsp3) is 1.00. The normalized spacial score (nSPS) is 32.5. The van der Waals surface area contributed by atoms with Crippen molar-refractivity contribution in [1.29, 1.82) is 0 Å². The minimum Gasteiger partial charge on any atom is -0.300 e. The zero-order valence-electron chi connectivity index (χ0n) is 17.4. The zero-order chi connectivity index (χ0) is 17.8. The Hall–Kier alpha value is -0.120. The van der Waals surface area contributed by atoms with Crippen molar-refractivity contribution in [2.45, 2.75) is 84.8 Å². The van der Waals surface area contributed by atoms with Gasteiger partial charge in [-0.3, -0.25) is 9.80 Å². The van der Waals surface area contributed by atoms with Crippen LogP contribution in [0.3, 0.4) is 0 Å². The van der Waals surface area contributed by atoms with Crippen molar-refractivity contribution in [3.05, 3.63) is 0 Å². The molecular weight excluding hydrogens is 306 g/mol. The number of nitrogens with zero attached hydrogens (tertiary/aromatic N) is 3. The number of rotatable bonds is 7. The van der Waals surface area contributed by atoms with Crippen LogP contribution in [-0.4, -0.2) is 72.1 Å². The van der Waals surface area contributed by atoms with Crippen LogP contribution in [0.15, 0.2) is 0 Å². The summed E-state index contributed by atoms with van der Waals surface area (Å²) in [4.78, 5) is 8.12. The predicted octanol–water partition coefficient (Wildman–Crippen LogP) is 3.69. The van der Waals surface area contributed by atoms with Gasteiger partial charge >= 0.3 is 0 Å². The number of hydrogen-bond acceptors (Lipinski definition) is 3. The maximum absolute atomic E-state index is 2.77. The fourth-order valence-corrected chi connectivity index (χ4v) is 5.99. The number of hydrogen-bond donors (Lipinski definition) is 0. The third-order valence-electron chi connectivity index (χ3n) is 8.20. The average Bonchev–Trinajstić information content (AvgIpc) is 3.01. The van der Waals surface area contributed by atoms with Crippen molar-refractivity contribution in [1.82, 2.24) is 14.7 Å². The number of likely N-dealkylation sites (tertiary alicyclic amines) is 3. The van der Waals surface area contributed by atoms with E-state index in [1.54, 1.807) is 0 Å². The fourth-order valence-electron chi connectivity index (χ4n) is 5.99. The highest BCUT2D eigenvalue weighted by atomic mass is 15.3. The van der Waals surface area contributed by atoms with Crippen LogP contribution in [0.4, 0.5) is 0 Å². The van der Waals surface area contributed by atoms with E-state index in [0.717, 1.165) is 29.5 Å². The van der Waals surface area contributed by atoms with Gasteiger partial charge in [0.1, 0.15) is 0 Å². The van der Waals surface area contributed by atoms with Gasteiger partial charge in [-0.15, -0.1) is 0 Å². The molecule has 0 radical (unpaired) electrons. The topological polar surface area (TPSA) is 9.72 Å². The van der Waals surface area contributed by atoms with Crippen molar-refractivity contribution in [2.75, 3.05) is 39.3 Å². The van der Waals surface area contributed by atoms with E-state index in [0.29, 0.717) is 5.41 Å². The summed E-state index contributed by atoms with van der Waals surface area (Å²) in [7, 11) is 0. The van der Waals surface area contributed by atoms with Gasteiger partial charge in [-0.2, -0.15) is 0 Å². The van der Waals surface area contributed by atoms with Gasteiger partial charge in [-0.05, 0) is 78.2 Å². The molecule has 0 aromatic carbocycles. The Bertz CT molecular complexity index is 474. The first-order chi connectivity index (χ1) is 11.8. The van der Waals surface area contributed by atoms with Crippen LogP contribution in [0.2, 0.25) is 0 Å². The maximum Gasteiger partial charge on any atom is 0.00972 e. The Labute approximate surface area is 156 Å². The highest BCUT2D eigenvalue weighted by molar-refractivity contribution is 5.12. The van der Waals surface area contributed by atoms with E-state index in [9.17, 15) is 0 Å². The first kappa shape index (κ1) is 18.3. The van der Waals surface area contributed by atoms with E-state index >= 15 is 0 Å². The summed E-state index contributed by atoms with van der Waals surface area (Å²) in [6, 6.07) is 2.30. The largest absolute Gasteiger partial charge is 0.300 e. The second kappa shape index (κ2) is 6.49. The SMILES string of the molecule is CC(C)N1CCC2(C1)CN(C(C)CCCC1CC13CN(C(C)C)C3)C2. The molecule has 3 heterocycles. The highest BCUT2D eigenvalue weighted by Gasteiger charge is 2.60. The molecule has 144 valence electrons. The molecule has 1 saturated carbocycles. The molecule has 0 N–H and O–H groups in total. The van der Waals surface area contributed by atoms with E-state index < -0.39 is 0 Å². The van der Waals surface area contributed by atoms with Gasteiger partial charge in [0.15, 0.2) is 0 Å². The molecule has 4 rings (SSSR count). The molecule has 4 fully saturated rings. The highest BCUT2D eigenvalue weighted by Crippen LogP contribution is 2.61. The second-order valence-corrected chi connectivity index (χ2v) is 10.8. The second-order valence-electron chi connectivity index (χ2n) is 10.8. The van der Waals surface area contributed by atoms with Gasteiger partial charge in [-0.25, -0.2) is 0 Å². The molecule has 0 aromatic rings. The first-order valence-corrected chi connectivity index (χ1v) is 11.0.